The number of carbonyl (C=O) groups excluding carboxylic acids is 1. The van der Waals surface area contributed by atoms with Gasteiger partial charge in [-0.1, -0.05) is 0 Å². The number of hydrogen-bond donors (Lipinski definition) is 0. The van der Waals surface area contributed by atoms with E-state index in [2.05, 4.69) is 9.72 Å². The predicted octanol–water partition coefficient (Wildman–Crippen LogP) is 2.62. The number of Topliss-reactive ketones (excluding diaryl/α,β-unsaturated/α-hetero) is 1. The molecule has 0 saturated carbocycles. The van der Waals surface area contributed by atoms with Gasteiger partial charge in [0.25, 0.3) is 0 Å². The minimum Gasteiger partial charge on any atom is -0.372 e. The number of pyridine rings is 1. The van der Waals surface area contributed by atoms with Gasteiger partial charge in [-0.15, -0.1) is 0 Å². The molecule has 0 aromatic carbocycles. The molecule has 0 fully saturated rings. The van der Waals surface area contributed by atoms with E-state index in [0.717, 1.165) is 0 Å². The second-order valence-corrected chi connectivity index (χ2v) is 3.43. The molecule has 0 aliphatic rings. The molecule has 1 rings (SSSR count). The highest BCUT2D eigenvalue weighted by atomic mass is 19.4. The van der Waals surface area contributed by atoms with Crippen molar-refractivity contribution in [3.8, 4) is 0 Å². The summed E-state index contributed by atoms with van der Waals surface area (Å²) < 4.78 is 39.5. The number of ether oxygens (including phenoxy) is 1. The van der Waals surface area contributed by atoms with Crippen LogP contribution in [0.4, 0.5) is 13.2 Å². The van der Waals surface area contributed by atoms with Crippen molar-refractivity contribution in [3.63, 3.8) is 0 Å². The lowest BCUT2D eigenvalue weighted by molar-refractivity contribution is -0.173. The monoisotopic (exact) mass is 247 g/mol. The fraction of sp³-hybridized carbons (Fsp3) is 0.455. The van der Waals surface area contributed by atoms with Crippen LogP contribution in [0.2, 0.25) is 0 Å². The summed E-state index contributed by atoms with van der Waals surface area (Å²) in [4.78, 5) is 15.3. The summed E-state index contributed by atoms with van der Waals surface area (Å²) in [5.41, 5.74) is 0.510. The van der Waals surface area contributed by atoms with E-state index in [0.29, 0.717) is 5.56 Å². The van der Waals surface area contributed by atoms with Gasteiger partial charge in [-0.2, -0.15) is 13.2 Å². The standard InChI is InChI=1S/C11H12F3NO2/c12-11(13,14)8-17-7-1-2-10(16)9-3-5-15-6-4-9/h3-6H,1-2,7-8H2. The molecule has 0 radical (unpaired) electrons. The Morgan fingerprint density at radius 2 is 1.94 bits per heavy atom. The molecule has 1 heterocycles. The lowest BCUT2D eigenvalue weighted by Gasteiger charge is -2.06. The maximum absolute atomic E-state index is 11.7. The van der Waals surface area contributed by atoms with Crippen molar-refractivity contribution in [2.75, 3.05) is 13.2 Å². The summed E-state index contributed by atoms with van der Waals surface area (Å²) in [6.45, 7) is -1.34. The van der Waals surface area contributed by atoms with Gasteiger partial charge in [0.05, 0.1) is 0 Å². The summed E-state index contributed by atoms with van der Waals surface area (Å²) in [7, 11) is 0. The zero-order chi connectivity index (χ0) is 12.7. The lowest BCUT2D eigenvalue weighted by atomic mass is 10.1. The molecular weight excluding hydrogens is 235 g/mol. The van der Waals surface area contributed by atoms with Crippen molar-refractivity contribution in [3.05, 3.63) is 30.1 Å². The van der Waals surface area contributed by atoms with Gasteiger partial charge >= 0.3 is 6.18 Å². The van der Waals surface area contributed by atoms with E-state index >= 15 is 0 Å². The Morgan fingerprint density at radius 3 is 2.53 bits per heavy atom. The van der Waals surface area contributed by atoms with Gasteiger partial charge in [-0.3, -0.25) is 9.78 Å². The van der Waals surface area contributed by atoms with E-state index in [4.69, 9.17) is 0 Å². The maximum Gasteiger partial charge on any atom is 0.411 e. The summed E-state index contributed by atoms with van der Waals surface area (Å²) in [5.74, 6) is -0.122. The van der Waals surface area contributed by atoms with E-state index in [1.54, 1.807) is 12.1 Å². The van der Waals surface area contributed by atoms with Gasteiger partial charge < -0.3 is 4.74 Å². The molecule has 0 amide bonds. The van der Waals surface area contributed by atoms with Crippen molar-refractivity contribution in [2.45, 2.75) is 19.0 Å². The van der Waals surface area contributed by atoms with E-state index in [1.807, 2.05) is 0 Å². The molecule has 0 bridgehead atoms. The molecule has 3 nitrogen and oxygen atoms in total. The number of nitrogens with zero attached hydrogens (tertiary/aromatic N) is 1. The lowest BCUT2D eigenvalue weighted by Crippen LogP contribution is -2.17. The van der Waals surface area contributed by atoms with Crippen molar-refractivity contribution < 1.29 is 22.7 Å². The van der Waals surface area contributed by atoms with Crippen LogP contribution in [0.1, 0.15) is 23.2 Å². The fourth-order valence-electron chi connectivity index (χ4n) is 1.20. The smallest absolute Gasteiger partial charge is 0.372 e. The van der Waals surface area contributed by atoms with Crippen LogP contribution >= 0.6 is 0 Å². The van der Waals surface area contributed by atoms with Crippen molar-refractivity contribution in [2.24, 2.45) is 0 Å². The van der Waals surface area contributed by atoms with E-state index in [9.17, 15) is 18.0 Å². The Morgan fingerprint density at radius 1 is 1.29 bits per heavy atom. The molecule has 17 heavy (non-hydrogen) atoms. The molecule has 0 N–H and O–H groups in total. The normalized spacial score (nSPS) is 11.5. The van der Waals surface area contributed by atoms with Crippen LogP contribution in [0.15, 0.2) is 24.5 Å². The van der Waals surface area contributed by atoms with Gasteiger partial charge in [0.2, 0.25) is 0 Å². The molecule has 0 aliphatic heterocycles. The molecule has 1 aromatic rings. The van der Waals surface area contributed by atoms with Gasteiger partial charge in [0.15, 0.2) is 5.78 Å². The number of ketones is 1. The number of rotatable bonds is 6. The molecule has 0 atom stereocenters. The Kier molecular flexibility index (Phi) is 5.09. The number of carbonyl (C=O) groups is 1. The molecule has 0 saturated heterocycles. The third-order valence-electron chi connectivity index (χ3n) is 1.96. The molecule has 94 valence electrons. The van der Waals surface area contributed by atoms with Crippen molar-refractivity contribution in [1.29, 1.82) is 0 Å². The second-order valence-electron chi connectivity index (χ2n) is 3.43. The fourth-order valence-corrected chi connectivity index (χ4v) is 1.20. The van der Waals surface area contributed by atoms with Crippen LogP contribution in [0, 0.1) is 0 Å². The van der Waals surface area contributed by atoms with E-state index in [-0.39, 0.29) is 25.2 Å². The van der Waals surface area contributed by atoms with Crippen molar-refractivity contribution in [1.82, 2.24) is 4.98 Å². The zero-order valence-electron chi connectivity index (χ0n) is 9.04. The van der Waals surface area contributed by atoms with Crippen LogP contribution in [0.3, 0.4) is 0 Å². The zero-order valence-corrected chi connectivity index (χ0v) is 9.04. The first-order valence-corrected chi connectivity index (χ1v) is 5.07. The first kappa shape index (κ1) is 13.6. The minimum atomic E-state index is -4.31. The highest BCUT2D eigenvalue weighted by molar-refractivity contribution is 5.95. The molecule has 0 unspecified atom stereocenters. The number of hydrogen-bond acceptors (Lipinski definition) is 3. The molecule has 1 aromatic heterocycles. The van der Waals surface area contributed by atoms with Gasteiger partial charge in [0, 0.05) is 31.0 Å². The van der Waals surface area contributed by atoms with Crippen LogP contribution in [0.25, 0.3) is 0 Å². The Bertz CT molecular complexity index is 351. The predicted molar refractivity (Wildman–Crippen MR) is 54.7 cm³/mol. The third kappa shape index (κ3) is 6.01. The molecule has 0 aliphatic carbocycles. The maximum atomic E-state index is 11.7. The molecule has 0 spiro atoms. The summed E-state index contributed by atoms with van der Waals surface area (Å²) in [5, 5.41) is 0. The number of aromatic nitrogens is 1. The third-order valence-corrected chi connectivity index (χ3v) is 1.96. The van der Waals surface area contributed by atoms with Gasteiger partial charge in [-0.25, -0.2) is 0 Å². The Labute approximate surface area is 96.6 Å². The van der Waals surface area contributed by atoms with Crippen LogP contribution in [-0.2, 0) is 4.74 Å². The quantitative estimate of drug-likeness (QED) is 0.573. The minimum absolute atomic E-state index is 0.0731. The topological polar surface area (TPSA) is 39.2 Å². The van der Waals surface area contributed by atoms with Crippen LogP contribution in [-0.4, -0.2) is 30.2 Å². The van der Waals surface area contributed by atoms with E-state index < -0.39 is 12.8 Å². The van der Waals surface area contributed by atoms with Crippen LogP contribution in [0.5, 0.6) is 0 Å². The van der Waals surface area contributed by atoms with Crippen LogP contribution < -0.4 is 0 Å². The Balaban J connectivity index is 2.18. The SMILES string of the molecule is O=C(CCCOCC(F)(F)F)c1ccncc1. The first-order valence-electron chi connectivity index (χ1n) is 5.07. The highest BCUT2D eigenvalue weighted by Crippen LogP contribution is 2.14. The Hall–Kier alpha value is -1.43. The summed E-state index contributed by atoms with van der Waals surface area (Å²) in [6.07, 6.45) is -0.880. The number of alkyl halides is 3. The molecular formula is C11H12F3NO2. The van der Waals surface area contributed by atoms with Gasteiger partial charge in [0.1, 0.15) is 6.61 Å². The van der Waals surface area contributed by atoms with Crippen molar-refractivity contribution >= 4 is 5.78 Å². The van der Waals surface area contributed by atoms with E-state index in [1.165, 1.54) is 12.4 Å². The average molecular weight is 247 g/mol. The average Bonchev–Trinajstić information content (AvgIpc) is 2.28. The first-order chi connectivity index (χ1) is 7.99. The number of halogens is 3. The second kappa shape index (κ2) is 6.34. The summed E-state index contributed by atoms with van der Waals surface area (Å²) in [6, 6.07) is 3.14. The molecule has 6 heteroatoms. The van der Waals surface area contributed by atoms with Gasteiger partial charge in [-0.05, 0) is 18.6 Å². The highest BCUT2D eigenvalue weighted by Gasteiger charge is 2.27. The summed E-state index contributed by atoms with van der Waals surface area (Å²) >= 11 is 0. The largest absolute Gasteiger partial charge is 0.411 e.